The van der Waals surface area contributed by atoms with E-state index in [0.717, 1.165) is 0 Å². The molecular formula is C10H8F4O4S. The third-order valence-electron chi connectivity index (χ3n) is 2.45. The van der Waals surface area contributed by atoms with Gasteiger partial charge < -0.3 is 9.47 Å². The van der Waals surface area contributed by atoms with Crippen molar-refractivity contribution in [2.24, 2.45) is 0 Å². The topological polar surface area (TPSA) is 52.6 Å². The molecule has 1 saturated heterocycles. The van der Waals surface area contributed by atoms with Crippen molar-refractivity contribution in [3.8, 4) is 5.75 Å². The van der Waals surface area contributed by atoms with E-state index >= 15 is 0 Å². The SMILES string of the molecule is CS(=O)(=O)c1c(F)c(F)c(F)c(F)c1OC1COC1. The highest BCUT2D eigenvalue weighted by molar-refractivity contribution is 7.90. The van der Waals surface area contributed by atoms with Gasteiger partial charge in [-0.1, -0.05) is 0 Å². The highest BCUT2D eigenvalue weighted by atomic mass is 32.2. The molecule has 0 radical (unpaired) electrons. The molecule has 1 aliphatic rings. The predicted octanol–water partition coefficient (Wildman–Crippen LogP) is 1.42. The van der Waals surface area contributed by atoms with Crippen molar-refractivity contribution in [3.05, 3.63) is 23.3 Å². The van der Waals surface area contributed by atoms with E-state index in [9.17, 15) is 26.0 Å². The van der Waals surface area contributed by atoms with Gasteiger partial charge >= 0.3 is 0 Å². The molecule has 9 heteroatoms. The van der Waals surface area contributed by atoms with Gasteiger partial charge in [0.1, 0.15) is 6.10 Å². The van der Waals surface area contributed by atoms with Crippen LogP contribution < -0.4 is 4.74 Å². The van der Waals surface area contributed by atoms with Gasteiger partial charge in [0.05, 0.1) is 13.2 Å². The number of hydrogen-bond acceptors (Lipinski definition) is 4. The fourth-order valence-electron chi connectivity index (χ4n) is 1.48. The van der Waals surface area contributed by atoms with Crippen molar-refractivity contribution in [3.63, 3.8) is 0 Å². The van der Waals surface area contributed by atoms with Crippen LogP contribution in [0.5, 0.6) is 5.75 Å². The second-order valence-electron chi connectivity index (χ2n) is 3.96. The monoisotopic (exact) mass is 300 g/mol. The molecule has 4 nitrogen and oxygen atoms in total. The van der Waals surface area contributed by atoms with Crippen molar-refractivity contribution in [2.45, 2.75) is 11.0 Å². The molecule has 0 unspecified atom stereocenters. The Morgan fingerprint density at radius 3 is 2.00 bits per heavy atom. The van der Waals surface area contributed by atoms with Crippen LogP contribution in [0.3, 0.4) is 0 Å². The van der Waals surface area contributed by atoms with Crippen LogP contribution in [0.15, 0.2) is 4.90 Å². The highest BCUT2D eigenvalue weighted by Crippen LogP contribution is 2.35. The molecule has 1 aliphatic heterocycles. The number of ether oxygens (including phenoxy) is 2. The zero-order valence-electron chi connectivity index (χ0n) is 9.54. The van der Waals surface area contributed by atoms with E-state index in [1.54, 1.807) is 0 Å². The van der Waals surface area contributed by atoms with Gasteiger partial charge in [-0.2, -0.15) is 4.39 Å². The van der Waals surface area contributed by atoms with E-state index in [1.807, 2.05) is 0 Å². The van der Waals surface area contributed by atoms with Gasteiger partial charge in [0.2, 0.25) is 11.6 Å². The minimum absolute atomic E-state index is 0.0171. The minimum Gasteiger partial charge on any atom is -0.481 e. The molecule has 106 valence electrons. The van der Waals surface area contributed by atoms with Gasteiger partial charge in [-0.3, -0.25) is 0 Å². The van der Waals surface area contributed by atoms with Crippen molar-refractivity contribution in [2.75, 3.05) is 19.5 Å². The summed E-state index contributed by atoms with van der Waals surface area (Å²) in [6.45, 7) is 0.0342. The van der Waals surface area contributed by atoms with Crippen LogP contribution >= 0.6 is 0 Å². The fourth-order valence-corrected chi connectivity index (χ4v) is 2.37. The predicted molar refractivity (Wildman–Crippen MR) is 54.6 cm³/mol. The quantitative estimate of drug-likeness (QED) is 0.367. The lowest BCUT2D eigenvalue weighted by atomic mass is 10.2. The van der Waals surface area contributed by atoms with Gasteiger partial charge in [0.15, 0.2) is 32.1 Å². The Morgan fingerprint density at radius 2 is 1.58 bits per heavy atom. The standard InChI is InChI=1S/C10H8F4O4S/c1-19(15,16)10-8(14)6(12)5(11)7(13)9(10)18-4-2-17-3-4/h4H,2-3H2,1H3. The van der Waals surface area contributed by atoms with Crippen molar-refractivity contribution in [1.82, 2.24) is 0 Å². The maximum Gasteiger partial charge on any atom is 0.205 e. The fraction of sp³-hybridized carbons (Fsp3) is 0.400. The third kappa shape index (κ3) is 2.39. The van der Waals surface area contributed by atoms with Crippen molar-refractivity contribution < 1.29 is 35.5 Å². The smallest absolute Gasteiger partial charge is 0.205 e. The second-order valence-corrected chi connectivity index (χ2v) is 5.92. The molecule has 0 saturated carbocycles. The van der Waals surface area contributed by atoms with E-state index in [2.05, 4.69) is 0 Å². The number of benzene rings is 1. The lowest BCUT2D eigenvalue weighted by Crippen LogP contribution is -2.39. The number of halogens is 4. The van der Waals surface area contributed by atoms with E-state index in [1.165, 1.54) is 0 Å². The summed E-state index contributed by atoms with van der Waals surface area (Å²) >= 11 is 0. The van der Waals surface area contributed by atoms with E-state index in [0.29, 0.717) is 6.26 Å². The Balaban J connectivity index is 2.67. The average Bonchev–Trinajstić information content (AvgIpc) is 2.25. The van der Waals surface area contributed by atoms with Gasteiger partial charge in [0.25, 0.3) is 0 Å². The van der Waals surface area contributed by atoms with Crippen molar-refractivity contribution >= 4 is 9.84 Å². The van der Waals surface area contributed by atoms with Crippen LogP contribution in [0.2, 0.25) is 0 Å². The van der Waals surface area contributed by atoms with Crippen LogP contribution in [0, 0.1) is 23.3 Å². The summed E-state index contributed by atoms with van der Waals surface area (Å²) in [5.41, 5.74) is 0. The first-order chi connectivity index (χ1) is 8.73. The van der Waals surface area contributed by atoms with E-state index in [4.69, 9.17) is 9.47 Å². The first-order valence-electron chi connectivity index (χ1n) is 5.04. The van der Waals surface area contributed by atoms with Gasteiger partial charge in [0, 0.05) is 6.26 Å². The zero-order valence-corrected chi connectivity index (χ0v) is 10.4. The molecule has 0 aromatic heterocycles. The van der Waals surface area contributed by atoms with Crippen LogP contribution in [-0.2, 0) is 14.6 Å². The Bertz CT molecular complexity index is 625. The van der Waals surface area contributed by atoms with Gasteiger partial charge in [-0.05, 0) is 0 Å². The maximum atomic E-state index is 13.5. The van der Waals surface area contributed by atoms with Crippen LogP contribution in [0.1, 0.15) is 0 Å². The Hall–Kier alpha value is -1.35. The maximum absolute atomic E-state index is 13.5. The van der Waals surface area contributed by atoms with Gasteiger partial charge in [-0.15, -0.1) is 0 Å². The number of rotatable bonds is 3. The molecule has 0 spiro atoms. The number of hydrogen-bond donors (Lipinski definition) is 0. The molecule has 19 heavy (non-hydrogen) atoms. The second kappa shape index (κ2) is 4.64. The molecule has 1 heterocycles. The molecule has 1 fully saturated rings. The summed E-state index contributed by atoms with van der Waals surface area (Å²) in [6, 6.07) is 0. The summed E-state index contributed by atoms with van der Waals surface area (Å²) in [7, 11) is -4.34. The minimum atomic E-state index is -4.34. The largest absolute Gasteiger partial charge is 0.481 e. The number of sulfone groups is 1. The first kappa shape index (κ1) is 14.1. The van der Waals surface area contributed by atoms with Gasteiger partial charge in [-0.25, -0.2) is 21.6 Å². The Kier molecular flexibility index (Phi) is 3.43. The lowest BCUT2D eigenvalue weighted by Gasteiger charge is -2.27. The van der Waals surface area contributed by atoms with Crippen molar-refractivity contribution in [1.29, 1.82) is 0 Å². The Labute approximate surface area is 105 Å². The molecule has 0 atom stereocenters. The third-order valence-corrected chi connectivity index (χ3v) is 3.55. The molecule has 0 bridgehead atoms. The average molecular weight is 300 g/mol. The highest BCUT2D eigenvalue weighted by Gasteiger charge is 2.34. The van der Waals surface area contributed by atoms with Crippen LogP contribution in [0.4, 0.5) is 17.6 Å². The molecule has 1 aromatic rings. The molecule has 1 aromatic carbocycles. The van der Waals surface area contributed by atoms with E-state index < -0.39 is 49.9 Å². The summed E-state index contributed by atoms with van der Waals surface area (Å²) in [6.07, 6.45) is -0.203. The molecular weight excluding hydrogens is 292 g/mol. The first-order valence-corrected chi connectivity index (χ1v) is 6.93. The Morgan fingerprint density at radius 1 is 1.05 bits per heavy atom. The summed E-state index contributed by atoms with van der Waals surface area (Å²) in [4.78, 5) is -1.34. The van der Waals surface area contributed by atoms with Crippen LogP contribution in [0.25, 0.3) is 0 Å². The summed E-state index contributed by atoms with van der Waals surface area (Å²) in [5.74, 6) is -9.37. The summed E-state index contributed by atoms with van der Waals surface area (Å²) in [5, 5.41) is 0. The molecule has 2 rings (SSSR count). The molecule has 0 amide bonds. The lowest BCUT2D eigenvalue weighted by molar-refractivity contribution is -0.0824. The zero-order chi connectivity index (χ0) is 14.4. The van der Waals surface area contributed by atoms with E-state index in [-0.39, 0.29) is 13.2 Å². The normalized spacial score (nSPS) is 16.3. The molecule has 0 aliphatic carbocycles. The molecule has 0 N–H and O–H groups in total. The van der Waals surface area contributed by atoms with Crippen LogP contribution in [-0.4, -0.2) is 34.0 Å². The summed E-state index contributed by atoms with van der Waals surface area (Å²) < 4.78 is 85.5.